The van der Waals surface area contributed by atoms with Crippen molar-refractivity contribution in [2.24, 2.45) is 0 Å². The van der Waals surface area contributed by atoms with E-state index < -0.39 is 5.97 Å². The molecule has 1 heterocycles. The number of aliphatic carboxylic acids is 1. The maximum atomic E-state index is 10.7. The highest BCUT2D eigenvalue weighted by Gasteiger charge is 2.10. The quantitative estimate of drug-likeness (QED) is 0.790. The number of carboxylic acids is 1. The fourth-order valence-electron chi connectivity index (χ4n) is 2.07. The maximum Gasteiger partial charge on any atom is 0.308 e. The van der Waals surface area contributed by atoms with Crippen LogP contribution in [-0.4, -0.2) is 16.1 Å². The van der Waals surface area contributed by atoms with E-state index in [1.54, 1.807) is 6.20 Å². The standard InChI is InChI=1S/C15H11NO2S/c17-14(18)8-11-9-16-15(19-11)13-7-3-5-10-4-1-2-6-12(10)13/h1-7,9H,8H2,(H,17,18). The van der Waals surface area contributed by atoms with Gasteiger partial charge in [0.25, 0.3) is 0 Å². The Kier molecular flexibility index (Phi) is 3.01. The van der Waals surface area contributed by atoms with Crippen LogP contribution in [0.3, 0.4) is 0 Å². The number of benzene rings is 2. The minimum Gasteiger partial charge on any atom is -0.481 e. The van der Waals surface area contributed by atoms with E-state index in [9.17, 15) is 4.79 Å². The second-order valence-electron chi connectivity index (χ2n) is 4.23. The van der Waals surface area contributed by atoms with E-state index in [0.717, 1.165) is 26.2 Å². The number of rotatable bonds is 3. The van der Waals surface area contributed by atoms with Crippen LogP contribution in [0.1, 0.15) is 4.88 Å². The molecule has 1 N–H and O–H groups in total. The third-order valence-electron chi connectivity index (χ3n) is 2.90. The summed E-state index contributed by atoms with van der Waals surface area (Å²) >= 11 is 1.44. The average molecular weight is 269 g/mol. The summed E-state index contributed by atoms with van der Waals surface area (Å²) in [6.45, 7) is 0. The van der Waals surface area contributed by atoms with E-state index >= 15 is 0 Å². The van der Waals surface area contributed by atoms with Crippen molar-refractivity contribution in [2.45, 2.75) is 6.42 Å². The van der Waals surface area contributed by atoms with Crippen molar-refractivity contribution >= 4 is 28.1 Å². The van der Waals surface area contributed by atoms with E-state index in [4.69, 9.17) is 5.11 Å². The number of carbonyl (C=O) groups is 1. The Morgan fingerprint density at radius 2 is 1.95 bits per heavy atom. The van der Waals surface area contributed by atoms with Crippen LogP contribution >= 0.6 is 11.3 Å². The van der Waals surface area contributed by atoms with Crippen molar-refractivity contribution in [1.82, 2.24) is 4.98 Å². The molecular weight excluding hydrogens is 258 g/mol. The van der Waals surface area contributed by atoms with Crippen LogP contribution in [-0.2, 0) is 11.2 Å². The molecular formula is C15H11NO2S. The molecule has 19 heavy (non-hydrogen) atoms. The first-order valence-corrected chi connectivity index (χ1v) is 6.70. The van der Waals surface area contributed by atoms with Crippen molar-refractivity contribution in [3.05, 3.63) is 53.5 Å². The van der Waals surface area contributed by atoms with Crippen LogP contribution < -0.4 is 0 Å². The summed E-state index contributed by atoms with van der Waals surface area (Å²) in [6, 6.07) is 14.2. The highest BCUT2D eigenvalue weighted by atomic mass is 32.1. The first-order valence-electron chi connectivity index (χ1n) is 5.88. The lowest BCUT2D eigenvalue weighted by Gasteiger charge is -2.02. The Labute approximate surface area is 114 Å². The molecule has 94 valence electrons. The van der Waals surface area contributed by atoms with E-state index in [1.165, 1.54) is 11.3 Å². The zero-order valence-corrected chi connectivity index (χ0v) is 10.9. The van der Waals surface area contributed by atoms with Gasteiger partial charge in [0.1, 0.15) is 5.01 Å². The number of aromatic nitrogens is 1. The summed E-state index contributed by atoms with van der Waals surface area (Å²) in [7, 11) is 0. The third-order valence-corrected chi connectivity index (χ3v) is 3.93. The van der Waals surface area contributed by atoms with Gasteiger partial charge in [-0.05, 0) is 10.8 Å². The molecule has 0 aliphatic carbocycles. The molecule has 1 aromatic heterocycles. The van der Waals surface area contributed by atoms with Crippen LogP contribution in [0.5, 0.6) is 0 Å². The minimum atomic E-state index is -0.826. The summed E-state index contributed by atoms with van der Waals surface area (Å²) in [5.41, 5.74) is 1.06. The molecule has 0 bridgehead atoms. The molecule has 0 radical (unpaired) electrons. The minimum absolute atomic E-state index is 0.0302. The summed E-state index contributed by atoms with van der Waals surface area (Å²) in [5, 5.41) is 12.0. The summed E-state index contributed by atoms with van der Waals surface area (Å²) < 4.78 is 0. The van der Waals surface area contributed by atoms with Gasteiger partial charge in [-0.15, -0.1) is 11.3 Å². The first kappa shape index (κ1) is 11.9. The molecule has 0 spiro atoms. The highest BCUT2D eigenvalue weighted by Crippen LogP contribution is 2.31. The Morgan fingerprint density at radius 1 is 1.16 bits per heavy atom. The van der Waals surface area contributed by atoms with Crippen molar-refractivity contribution in [2.75, 3.05) is 0 Å². The van der Waals surface area contributed by atoms with Gasteiger partial charge in [-0.3, -0.25) is 4.79 Å². The SMILES string of the molecule is O=C(O)Cc1cnc(-c2cccc3ccccc23)s1. The van der Waals surface area contributed by atoms with Crippen molar-refractivity contribution in [3.63, 3.8) is 0 Å². The molecule has 0 amide bonds. The van der Waals surface area contributed by atoms with Crippen LogP contribution in [0.25, 0.3) is 21.3 Å². The van der Waals surface area contributed by atoms with Crippen LogP contribution in [0, 0.1) is 0 Å². The van der Waals surface area contributed by atoms with Gasteiger partial charge in [-0.2, -0.15) is 0 Å². The number of nitrogens with zero attached hydrogens (tertiary/aromatic N) is 1. The van der Waals surface area contributed by atoms with Gasteiger partial charge >= 0.3 is 5.97 Å². The lowest BCUT2D eigenvalue weighted by Crippen LogP contribution is -1.97. The van der Waals surface area contributed by atoms with Crippen molar-refractivity contribution in [1.29, 1.82) is 0 Å². The van der Waals surface area contributed by atoms with Gasteiger partial charge in [-0.1, -0.05) is 42.5 Å². The molecule has 3 rings (SSSR count). The zero-order chi connectivity index (χ0) is 13.2. The molecule has 3 aromatic rings. The van der Waals surface area contributed by atoms with Crippen molar-refractivity contribution in [3.8, 4) is 10.6 Å². The van der Waals surface area contributed by atoms with E-state index in [-0.39, 0.29) is 6.42 Å². The Hall–Kier alpha value is -2.20. The molecule has 0 saturated carbocycles. The van der Waals surface area contributed by atoms with Crippen molar-refractivity contribution < 1.29 is 9.90 Å². The second kappa shape index (κ2) is 4.82. The molecule has 0 saturated heterocycles. The van der Waals surface area contributed by atoms with E-state index in [1.807, 2.05) is 24.3 Å². The van der Waals surface area contributed by atoms with Gasteiger partial charge in [0.05, 0.1) is 6.42 Å². The monoisotopic (exact) mass is 269 g/mol. The molecule has 2 aromatic carbocycles. The Bertz CT molecular complexity index is 743. The summed E-state index contributed by atoms with van der Waals surface area (Å²) in [4.78, 5) is 15.8. The predicted molar refractivity (Wildman–Crippen MR) is 76.4 cm³/mol. The fraction of sp³-hybridized carbons (Fsp3) is 0.0667. The molecule has 0 atom stereocenters. The highest BCUT2D eigenvalue weighted by molar-refractivity contribution is 7.15. The third kappa shape index (κ3) is 2.35. The molecule has 4 heteroatoms. The van der Waals surface area contributed by atoms with Crippen LogP contribution in [0.15, 0.2) is 48.7 Å². The fourth-order valence-corrected chi connectivity index (χ4v) is 3.02. The molecule has 0 aliphatic heterocycles. The molecule has 3 nitrogen and oxygen atoms in total. The average Bonchev–Trinajstić information content (AvgIpc) is 2.85. The van der Waals surface area contributed by atoms with Gasteiger partial charge in [0.2, 0.25) is 0 Å². The van der Waals surface area contributed by atoms with Gasteiger partial charge in [0.15, 0.2) is 0 Å². The number of hydrogen-bond donors (Lipinski definition) is 1. The van der Waals surface area contributed by atoms with E-state index in [0.29, 0.717) is 0 Å². The zero-order valence-electron chi connectivity index (χ0n) is 10.0. The van der Waals surface area contributed by atoms with Crippen LogP contribution in [0.2, 0.25) is 0 Å². The van der Waals surface area contributed by atoms with E-state index in [2.05, 4.69) is 23.2 Å². The van der Waals surface area contributed by atoms with Gasteiger partial charge in [0, 0.05) is 16.6 Å². The Balaban J connectivity index is 2.09. The molecule has 0 fully saturated rings. The predicted octanol–water partition coefficient (Wildman–Crippen LogP) is 3.59. The van der Waals surface area contributed by atoms with Gasteiger partial charge < -0.3 is 5.11 Å². The lowest BCUT2D eigenvalue weighted by molar-refractivity contribution is -0.136. The number of thiazole rings is 1. The number of carboxylic acid groups (broad SMARTS) is 1. The summed E-state index contributed by atoms with van der Waals surface area (Å²) in [5.74, 6) is -0.826. The molecule has 0 aliphatic rings. The Morgan fingerprint density at radius 3 is 2.79 bits per heavy atom. The van der Waals surface area contributed by atoms with Gasteiger partial charge in [-0.25, -0.2) is 4.98 Å². The normalized spacial score (nSPS) is 10.7. The first-order chi connectivity index (χ1) is 9.24. The lowest BCUT2D eigenvalue weighted by atomic mass is 10.1. The smallest absolute Gasteiger partial charge is 0.308 e. The second-order valence-corrected chi connectivity index (χ2v) is 5.34. The molecule has 0 unspecified atom stereocenters. The maximum absolute atomic E-state index is 10.7. The van der Waals surface area contributed by atoms with Crippen LogP contribution in [0.4, 0.5) is 0 Å². The number of fused-ring (bicyclic) bond motifs is 1. The largest absolute Gasteiger partial charge is 0.481 e. The number of hydrogen-bond acceptors (Lipinski definition) is 3. The topological polar surface area (TPSA) is 50.2 Å². The summed E-state index contributed by atoms with van der Waals surface area (Å²) in [6.07, 6.45) is 1.68.